The Morgan fingerprint density at radius 3 is 2.58 bits per heavy atom. The summed E-state index contributed by atoms with van der Waals surface area (Å²) in [6, 6.07) is 15.1. The van der Waals surface area contributed by atoms with E-state index in [0.29, 0.717) is 31.0 Å². The van der Waals surface area contributed by atoms with Crippen molar-refractivity contribution in [3.63, 3.8) is 0 Å². The number of rotatable bonds is 11. The normalized spacial score (nSPS) is 13.2. The second-order valence-electron chi connectivity index (χ2n) is 8.68. The number of methoxy groups -OCH3 is 3. The van der Waals surface area contributed by atoms with Crippen molar-refractivity contribution in [1.82, 2.24) is 19.6 Å². The molecule has 0 unspecified atom stereocenters. The Morgan fingerprint density at radius 2 is 1.89 bits per heavy atom. The lowest BCUT2D eigenvalue weighted by molar-refractivity contribution is 0.0676. The Kier molecular flexibility index (Phi) is 8.40. The molecule has 8 nitrogen and oxygen atoms in total. The van der Waals surface area contributed by atoms with E-state index in [1.165, 1.54) is 0 Å². The standard InChI is InChI=1S/C28H34N4O4/c1-5-15-30-16-14-25-23(19-30)24(29-32(25)26-8-6-7-9-27(26)36-4)20-31(17-18-34-2)28(33)21-10-12-22(35-3)13-11-21/h5-13H,1,14-20H2,2-4H3. The molecule has 1 aromatic heterocycles. The van der Waals surface area contributed by atoms with E-state index in [-0.39, 0.29) is 5.91 Å². The molecule has 2 heterocycles. The van der Waals surface area contributed by atoms with Gasteiger partial charge in [0.25, 0.3) is 5.91 Å². The van der Waals surface area contributed by atoms with Crippen molar-refractivity contribution in [3.05, 3.63) is 83.7 Å². The molecule has 0 saturated heterocycles. The smallest absolute Gasteiger partial charge is 0.254 e. The van der Waals surface area contributed by atoms with Crippen LogP contribution >= 0.6 is 0 Å². The number of amides is 1. The van der Waals surface area contributed by atoms with E-state index in [4.69, 9.17) is 19.3 Å². The maximum atomic E-state index is 13.5. The van der Waals surface area contributed by atoms with Crippen LogP contribution in [-0.4, -0.2) is 73.1 Å². The SMILES string of the molecule is C=CCN1CCc2c(c(CN(CCOC)C(=O)c3ccc(OC)cc3)nn2-c2ccccc2OC)C1. The number of fused-ring (bicyclic) bond motifs is 1. The largest absolute Gasteiger partial charge is 0.497 e. The third-order valence-corrected chi connectivity index (χ3v) is 6.45. The van der Waals surface area contributed by atoms with Crippen LogP contribution in [0.2, 0.25) is 0 Å². The van der Waals surface area contributed by atoms with Crippen LogP contribution in [0.25, 0.3) is 5.69 Å². The van der Waals surface area contributed by atoms with E-state index >= 15 is 0 Å². The summed E-state index contributed by atoms with van der Waals surface area (Å²) in [4.78, 5) is 17.7. The van der Waals surface area contributed by atoms with Crippen LogP contribution in [0.4, 0.5) is 0 Å². The van der Waals surface area contributed by atoms with Gasteiger partial charge in [0.15, 0.2) is 0 Å². The van der Waals surface area contributed by atoms with Gasteiger partial charge in [-0.3, -0.25) is 9.69 Å². The number of carbonyl (C=O) groups excluding carboxylic acids is 1. The summed E-state index contributed by atoms with van der Waals surface area (Å²) in [5.74, 6) is 1.39. The van der Waals surface area contributed by atoms with E-state index in [0.717, 1.165) is 54.4 Å². The lowest BCUT2D eigenvalue weighted by Gasteiger charge is -2.27. The summed E-state index contributed by atoms with van der Waals surface area (Å²) in [6.45, 7) is 7.63. The zero-order valence-electron chi connectivity index (χ0n) is 21.3. The van der Waals surface area contributed by atoms with Crippen molar-refractivity contribution in [2.24, 2.45) is 0 Å². The molecule has 1 amide bonds. The highest BCUT2D eigenvalue weighted by atomic mass is 16.5. The first-order chi connectivity index (χ1) is 17.6. The van der Waals surface area contributed by atoms with Gasteiger partial charge >= 0.3 is 0 Å². The van der Waals surface area contributed by atoms with E-state index in [1.807, 2.05) is 35.0 Å². The quantitative estimate of drug-likeness (QED) is 0.382. The predicted molar refractivity (Wildman–Crippen MR) is 139 cm³/mol. The van der Waals surface area contributed by atoms with E-state index in [2.05, 4.69) is 11.5 Å². The minimum Gasteiger partial charge on any atom is -0.497 e. The molecule has 1 aliphatic heterocycles. The molecule has 36 heavy (non-hydrogen) atoms. The van der Waals surface area contributed by atoms with Gasteiger partial charge in [-0.25, -0.2) is 4.68 Å². The number of carbonyl (C=O) groups is 1. The van der Waals surface area contributed by atoms with Crippen molar-refractivity contribution in [2.45, 2.75) is 19.5 Å². The summed E-state index contributed by atoms with van der Waals surface area (Å²) >= 11 is 0. The molecule has 4 rings (SSSR count). The van der Waals surface area contributed by atoms with Crippen molar-refractivity contribution < 1.29 is 19.0 Å². The fraction of sp³-hybridized carbons (Fsp3) is 0.357. The molecule has 0 N–H and O–H groups in total. The Morgan fingerprint density at radius 1 is 1.11 bits per heavy atom. The molecule has 1 aliphatic rings. The lowest BCUT2D eigenvalue weighted by Crippen LogP contribution is -2.35. The van der Waals surface area contributed by atoms with Gasteiger partial charge in [-0.2, -0.15) is 5.10 Å². The number of para-hydroxylation sites is 2. The van der Waals surface area contributed by atoms with Crippen LogP contribution in [0, 0.1) is 0 Å². The number of hydrogen-bond donors (Lipinski definition) is 0. The van der Waals surface area contributed by atoms with Crippen LogP contribution in [0.3, 0.4) is 0 Å². The molecule has 0 atom stereocenters. The zero-order valence-corrected chi connectivity index (χ0v) is 21.3. The Hall–Kier alpha value is -3.62. The predicted octanol–water partition coefficient (Wildman–Crippen LogP) is 3.72. The minimum atomic E-state index is -0.0750. The average molecular weight is 491 g/mol. The van der Waals surface area contributed by atoms with Crippen LogP contribution in [0.15, 0.2) is 61.2 Å². The summed E-state index contributed by atoms with van der Waals surface area (Å²) < 4.78 is 18.2. The van der Waals surface area contributed by atoms with Gasteiger partial charge in [-0.15, -0.1) is 6.58 Å². The maximum absolute atomic E-state index is 13.5. The molecule has 8 heteroatoms. The van der Waals surface area contributed by atoms with E-state index in [1.54, 1.807) is 50.5 Å². The third kappa shape index (κ3) is 5.45. The van der Waals surface area contributed by atoms with Crippen LogP contribution in [-0.2, 0) is 24.2 Å². The first kappa shape index (κ1) is 25.5. The van der Waals surface area contributed by atoms with Gasteiger partial charge in [-0.05, 0) is 36.4 Å². The number of nitrogens with zero attached hydrogens (tertiary/aromatic N) is 4. The second kappa shape index (κ2) is 11.9. The van der Waals surface area contributed by atoms with Gasteiger partial charge in [0.1, 0.15) is 17.2 Å². The van der Waals surface area contributed by atoms with Gasteiger partial charge in [-0.1, -0.05) is 18.2 Å². The minimum absolute atomic E-state index is 0.0750. The zero-order chi connectivity index (χ0) is 25.5. The van der Waals surface area contributed by atoms with Gasteiger partial charge < -0.3 is 19.1 Å². The van der Waals surface area contributed by atoms with E-state index < -0.39 is 0 Å². The number of ether oxygens (including phenoxy) is 3. The monoisotopic (exact) mass is 490 g/mol. The molecule has 0 fully saturated rings. The van der Waals surface area contributed by atoms with Gasteiger partial charge in [0, 0.05) is 50.8 Å². The van der Waals surface area contributed by atoms with Crippen molar-refractivity contribution >= 4 is 5.91 Å². The maximum Gasteiger partial charge on any atom is 0.254 e. The number of hydrogen-bond acceptors (Lipinski definition) is 6. The molecule has 3 aromatic rings. The molecule has 190 valence electrons. The number of aromatic nitrogens is 2. The lowest BCUT2D eigenvalue weighted by atomic mass is 10.0. The average Bonchev–Trinajstić information content (AvgIpc) is 3.28. The molecule has 0 bridgehead atoms. The molecular weight excluding hydrogens is 456 g/mol. The molecule has 0 radical (unpaired) electrons. The van der Waals surface area contributed by atoms with Gasteiger partial charge in [0.05, 0.1) is 38.8 Å². The Balaban J connectivity index is 1.72. The van der Waals surface area contributed by atoms with Crippen LogP contribution in [0.1, 0.15) is 27.3 Å². The van der Waals surface area contributed by atoms with Crippen molar-refractivity contribution in [2.75, 3.05) is 47.6 Å². The summed E-state index contributed by atoms with van der Waals surface area (Å²) in [5.41, 5.74) is 4.67. The highest BCUT2D eigenvalue weighted by molar-refractivity contribution is 5.94. The molecule has 0 saturated carbocycles. The summed E-state index contributed by atoms with van der Waals surface area (Å²) in [5, 5.41) is 5.05. The van der Waals surface area contributed by atoms with E-state index in [9.17, 15) is 4.79 Å². The first-order valence-corrected chi connectivity index (χ1v) is 12.1. The molecule has 0 spiro atoms. The first-order valence-electron chi connectivity index (χ1n) is 12.1. The third-order valence-electron chi connectivity index (χ3n) is 6.45. The fourth-order valence-electron chi connectivity index (χ4n) is 4.56. The van der Waals surface area contributed by atoms with Crippen molar-refractivity contribution in [3.8, 4) is 17.2 Å². The summed E-state index contributed by atoms with van der Waals surface area (Å²) in [6.07, 6.45) is 2.77. The molecule has 2 aromatic carbocycles. The topological polar surface area (TPSA) is 69.1 Å². The molecule has 0 aliphatic carbocycles. The highest BCUT2D eigenvalue weighted by Crippen LogP contribution is 2.30. The van der Waals surface area contributed by atoms with Crippen LogP contribution in [0.5, 0.6) is 11.5 Å². The summed E-state index contributed by atoms with van der Waals surface area (Å²) in [7, 11) is 4.92. The molecular formula is C28H34N4O4. The fourth-order valence-corrected chi connectivity index (χ4v) is 4.56. The second-order valence-corrected chi connectivity index (χ2v) is 8.68. The Bertz CT molecular complexity index is 1190. The highest BCUT2D eigenvalue weighted by Gasteiger charge is 2.28. The van der Waals surface area contributed by atoms with Crippen LogP contribution < -0.4 is 9.47 Å². The van der Waals surface area contributed by atoms with Crippen molar-refractivity contribution in [1.29, 1.82) is 0 Å². The van der Waals surface area contributed by atoms with Gasteiger partial charge in [0.2, 0.25) is 0 Å². The Labute approximate surface area is 212 Å². The number of benzene rings is 2.